The molecular weight excluding hydrogens is 466 g/mol. The predicted octanol–water partition coefficient (Wildman–Crippen LogP) is 4.19. The molecule has 0 spiro atoms. The van der Waals surface area contributed by atoms with Crippen molar-refractivity contribution in [3.8, 4) is 11.8 Å². The highest BCUT2D eigenvalue weighted by Crippen LogP contribution is 2.37. The Kier molecular flexibility index (Phi) is 7.36. The molecule has 4 rings (SSSR count). The summed E-state index contributed by atoms with van der Waals surface area (Å²) in [6.45, 7) is 2.91. The number of aromatic nitrogens is 2. The van der Waals surface area contributed by atoms with Crippen molar-refractivity contribution in [3.63, 3.8) is 0 Å². The lowest BCUT2D eigenvalue weighted by molar-refractivity contribution is -0.116. The van der Waals surface area contributed by atoms with Gasteiger partial charge >= 0.3 is 6.09 Å². The molecule has 9 nitrogen and oxygen atoms in total. The molecule has 1 unspecified atom stereocenters. The highest BCUT2D eigenvalue weighted by molar-refractivity contribution is 7.16. The molecule has 0 saturated carbocycles. The number of ether oxygens (including phenoxy) is 2. The van der Waals surface area contributed by atoms with Crippen molar-refractivity contribution in [2.24, 2.45) is 7.05 Å². The van der Waals surface area contributed by atoms with Crippen LogP contribution in [0.2, 0.25) is 0 Å². The first-order valence-electron chi connectivity index (χ1n) is 11.2. The standard InChI is InChI=1S/C25H27N5O4S/c1-16(17-5-4-6-19(10-17)33-3)9-23(31)28-24-21(11-26)20-7-8-30(13-22(20)35-24)25(32)34-14-18-12-27-15-29(18)2/h4-6,10,12,15-16H,7-9,13-14H2,1-3H3,(H,28,31). The number of amides is 2. The van der Waals surface area contributed by atoms with Gasteiger partial charge in [0.15, 0.2) is 0 Å². The first kappa shape index (κ1) is 24.3. The lowest BCUT2D eigenvalue weighted by atomic mass is 9.97. The van der Waals surface area contributed by atoms with E-state index in [-0.39, 0.29) is 24.9 Å². The number of imidazole rings is 1. The maximum absolute atomic E-state index is 12.8. The number of rotatable bonds is 7. The summed E-state index contributed by atoms with van der Waals surface area (Å²) in [7, 11) is 3.45. The molecular formula is C25H27N5O4S. The van der Waals surface area contributed by atoms with Crippen molar-refractivity contribution in [1.29, 1.82) is 5.26 Å². The minimum absolute atomic E-state index is 0.0186. The number of benzene rings is 1. The van der Waals surface area contributed by atoms with Crippen LogP contribution < -0.4 is 10.1 Å². The van der Waals surface area contributed by atoms with E-state index in [1.165, 1.54) is 11.3 Å². The van der Waals surface area contributed by atoms with E-state index in [1.807, 2.05) is 38.2 Å². The van der Waals surface area contributed by atoms with Gasteiger partial charge in [0.25, 0.3) is 0 Å². The molecule has 0 saturated heterocycles. The second kappa shape index (κ2) is 10.6. The maximum atomic E-state index is 12.8. The molecule has 0 bridgehead atoms. The second-order valence-corrected chi connectivity index (χ2v) is 9.58. The molecule has 182 valence electrons. The quantitative estimate of drug-likeness (QED) is 0.529. The van der Waals surface area contributed by atoms with Crippen LogP contribution in [0, 0.1) is 11.3 Å². The zero-order valence-electron chi connectivity index (χ0n) is 19.9. The largest absolute Gasteiger partial charge is 0.497 e. The van der Waals surface area contributed by atoms with Crippen molar-refractivity contribution in [2.45, 2.75) is 38.8 Å². The van der Waals surface area contributed by atoms with E-state index in [9.17, 15) is 14.9 Å². The summed E-state index contributed by atoms with van der Waals surface area (Å²) in [5.74, 6) is 0.564. The number of nitrogens with zero attached hydrogens (tertiary/aromatic N) is 4. The summed E-state index contributed by atoms with van der Waals surface area (Å²) >= 11 is 1.35. The van der Waals surface area contributed by atoms with E-state index in [0.29, 0.717) is 30.1 Å². The zero-order chi connectivity index (χ0) is 24.9. The van der Waals surface area contributed by atoms with Crippen LogP contribution in [-0.2, 0) is 36.2 Å². The molecule has 3 heterocycles. The van der Waals surface area contributed by atoms with Crippen molar-refractivity contribution in [1.82, 2.24) is 14.5 Å². The molecule has 0 fully saturated rings. The van der Waals surface area contributed by atoms with Crippen LogP contribution in [0.3, 0.4) is 0 Å². The van der Waals surface area contributed by atoms with E-state index in [4.69, 9.17) is 9.47 Å². The van der Waals surface area contributed by atoms with Crippen LogP contribution in [0.5, 0.6) is 5.75 Å². The van der Waals surface area contributed by atoms with Crippen molar-refractivity contribution < 1.29 is 19.1 Å². The van der Waals surface area contributed by atoms with Gasteiger partial charge in [-0.25, -0.2) is 9.78 Å². The topological polar surface area (TPSA) is 109 Å². The van der Waals surface area contributed by atoms with Gasteiger partial charge in [0.05, 0.1) is 37.4 Å². The Morgan fingerprint density at radius 1 is 1.37 bits per heavy atom. The molecule has 3 aromatic rings. The van der Waals surface area contributed by atoms with Crippen LogP contribution in [0.15, 0.2) is 36.8 Å². The Labute approximate surface area is 207 Å². The number of hydrogen-bond donors (Lipinski definition) is 1. The minimum Gasteiger partial charge on any atom is -0.497 e. The molecule has 35 heavy (non-hydrogen) atoms. The zero-order valence-corrected chi connectivity index (χ0v) is 20.7. The Bertz CT molecular complexity index is 1280. The summed E-state index contributed by atoms with van der Waals surface area (Å²) in [5, 5.41) is 13.2. The average molecular weight is 494 g/mol. The third kappa shape index (κ3) is 5.46. The van der Waals surface area contributed by atoms with Crippen LogP contribution >= 0.6 is 11.3 Å². The van der Waals surface area contributed by atoms with Gasteiger partial charge in [-0.1, -0.05) is 19.1 Å². The summed E-state index contributed by atoms with van der Waals surface area (Å²) in [5.41, 5.74) is 3.18. The molecule has 1 N–H and O–H groups in total. The molecule has 1 aromatic carbocycles. The molecule has 1 aliphatic heterocycles. The van der Waals surface area contributed by atoms with Gasteiger partial charge in [0.1, 0.15) is 23.4 Å². The van der Waals surface area contributed by atoms with Crippen LogP contribution in [-0.4, -0.2) is 40.1 Å². The van der Waals surface area contributed by atoms with Crippen LogP contribution in [0.1, 0.15) is 46.5 Å². The second-order valence-electron chi connectivity index (χ2n) is 8.47. The lowest BCUT2D eigenvalue weighted by Crippen LogP contribution is -2.35. The van der Waals surface area contributed by atoms with Crippen LogP contribution in [0.4, 0.5) is 9.80 Å². The van der Waals surface area contributed by atoms with Crippen molar-refractivity contribution in [2.75, 3.05) is 19.0 Å². The van der Waals surface area contributed by atoms with E-state index in [0.717, 1.165) is 27.4 Å². The Morgan fingerprint density at radius 3 is 2.91 bits per heavy atom. The van der Waals surface area contributed by atoms with E-state index in [1.54, 1.807) is 29.1 Å². The number of nitrogens with one attached hydrogen (secondary N) is 1. The number of carbonyl (C=O) groups is 2. The van der Waals surface area contributed by atoms with Gasteiger partial charge in [0.2, 0.25) is 5.91 Å². The Hall–Kier alpha value is -3.84. The number of methoxy groups -OCH3 is 1. The average Bonchev–Trinajstić information content (AvgIpc) is 3.43. The third-order valence-electron chi connectivity index (χ3n) is 6.09. The third-order valence-corrected chi connectivity index (χ3v) is 7.23. The van der Waals surface area contributed by atoms with Gasteiger partial charge in [-0.05, 0) is 35.6 Å². The normalized spacial score (nSPS) is 13.5. The van der Waals surface area contributed by atoms with Gasteiger partial charge in [-0.15, -0.1) is 11.3 Å². The van der Waals surface area contributed by atoms with E-state index < -0.39 is 6.09 Å². The number of thiophene rings is 1. The van der Waals surface area contributed by atoms with E-state index in [2.05, 4.69) is 16.4 Å². The number of nitriles is 1. The first-order chi connectivity index (χ1) is 16.9. The van der Waals surface area contributed by atoms with Crippen molar-refractivity contribution in [3.05, 3.63) is 64.1 Å². The highest BCUT2D eigenvalue weighted by atomic mass is 32.1. The maximum Gasteiger partial charge on any atom is 0.410 e. The number of fused-ring (bicyclic) bond motifs is 1. The van der Waals surface area contributed by atoms with Crippen molar-refractivity contribution >= 4 is 28.3 Å². The molecule has 2 aromatic heterocycles. The summed E-state index contributed by atoms with van der Waals surface area (Å²) in [6, 6.07) is 9.89. The number of aryl methyl sites for hydroxylation is 1. The monoisotopic (exact) mass is 493 g/mol. The molecule has 0 radical (unpaired) electrons. The molecule has 1 aliphatic rings. The Balaban J connectivity index is 1.39. The fraction of sp³-hybridized carbons (Fsp3) is 0.360. The smallest absolute Gasteiger partial charge is 0.410 e. The molecule has 10 heteroatoms. The highest BCUT2D eigenvalue weighted by Gasteiger charge is 2.28. The van der Waals surface area contributed by atoms with E-state index >= 15 is 0 Å². The number of carbonyl (C=O) groups excluding carboxylic acids is 2. The fourth-order valence-electron chi connectivity index (χ4n) is 4.04. The first-order valence-corrected chi connectivity index (χ1v) is 12.1. The summed E-state index contributed by atoms with van der Waals surface area (Å²) in [4.78, 5) is 31.9. The van der Waals surface area contributed by atoms with Gasteiger partial charge in [-0.2, -0.15) is 5.26 Å². The fourth-order valence-corrected chi connectivity index (χ4v) is 5.27. The Morgan fingerprint density at radius 2 is 2.20 bits per heavy atom. The number of hydrogen-bond acceptors (Lipinski definition) is 7. The predicted molar refractivity (Wildman–Crippen MR) is 131 cm³/mol. The van der Waals surface area contributed by atoms with Gasteiger partial charge in [0, 0.05) is 24.9 Å². The summed E-state index contributed by atoms with van der Waals surface area (Å²) in [6.07, 6.45) is 3.70. The molecule has 2 amide bonds. The lowest BCUT2D eigenvalue weighted by Gasteiger charge is -2.26. The summed E-state index contributed by atoms with van der Waals surface area (Å²) < 4.78 is 12.5. The van der Waals surface area contributed by atoms with Gasteiger partial charge < -0.3 is 24.3 Å². The molecule has 1 atom stereocenters. The van der Waals surface area contributed by atoms with Gasteiger partial charge in [-0.3, -0.25) is 4.79 Å². The SMILES string of the molecule is COc1cccc(C(C)CC(=O)Nc2sc3c(c2C#N)CCN(C(=O)OCc2cncn2C)C3)c1. The molecule has 0 aliphatic carbocycles. The number of anilines is 1. The van der Waals surface area contributed by atoms with Crippen LogP contribution in [0.25, 0.3) is 0 Å². The minimum atomic E-state index is -0.415.